The van der Waals surface area contributed by atoms with Crippen molar-refractivity contribution in [2.45, 2.75) is 13.0 Å². The van der Waals surface area contributed by atoms with Crippen LogP contribution in [-0.2, 0) is 4.79 Å². The Hall–Kier alpha value is -3.02. The Kier molecular flexibility index (Phi) is 5.42. The van der Waals surface area contributed by atoms with Gasteiger partial charge in [0.1, 0.15) is 6.04 Å². The molecule has 0 aromatic heterocycles. The van der Waals surface area contributed by atoms with Crippen molar-refractivity contribution in [3.63, 3.8) is 0 Å². The lowest BCUT2D eigenvalue weighted by Crippen LogP contribution is -2.43. The lowest BCUT2D eigenvalue weighted by Gasteiger charge is -2.27. The summed E-state index contributed by atoms with van der Waals surface area (Å²) < 4.78 is 10.4. The van der Waals surface area contributed by atoms with E-state index in [1.54, 1.807) is 48.5 Å². The predicted molar refractivity (Wildman–Crippen MR) is 89.9 cm³/mol. The van der Waals surface area contributed by atoms with Crippen LogP contribution in [0.5, 0.6) is 11.5 Å². The van der Waals surface area contributed by atoms with Gasteiger partial charge in [0.15, 0.2) is 11.5 Å². The SMILES string of the molecule is COc1ccc(N(C(=O)c2ccccc2)[C@@H](C)C(=O)O)cc1OC. The van der Waals surface area contributed by atoms with Gasteiger partial charge in [0.05, 0.1) is 14.2 Å². The fourth-order valence-electron chi connectivity index (χ4n) is 2.32. The number of carboxylic acid groups (broad SMARTS) is 1. The Bertz CT molecular complexity index is 729. The first-order chi connectivity index (χ1) is 11.5. The molecule has 126 valence electrons. The van der Waals surface area contributed by atoms with Crippen molar-refractivity contribution >= 4 is 17.6 Å². The molecule has 0 saturated heterocycles. The summed E-state index contributed by atoms with van der Waals surface area (Å²) in [6, 6.07) is 12.3. The molecule has 0 radical (unpaired) electrons. The molecule has 1 amide bonds. The molecular weight excluding hydrogens is 310 g/mol. The van der Waals surface area contributed by atoms with E-state index < -0.39 is 17.9 Å². The largest absolute Gasteiger partial charge is 0.493 e. The number of hydrogen-bond donors (Lipinski definition) is 1. The highest BCUT2D eigenvalue weighted by atomic mass is 16.5. The topological polar surface area (TPSA) is 76.1 Å². The van der Waals surface area contributed by atoms with E-state index in [9.17, 15) is 14.7 Å². The van der Waals surface area contributed by atoms with E-state index in [2.05, 4.69) is 0 Å². The van der Waals surface area contributed by atoms with Gasteiger partial charge in [-0.15, -0.1) is 0 Å². The summed E-state index contributed by atoms with van der Waals surface area (Å²) in [5, 5.41) is 9.39. The van der Waals surface area contributed by atoms with Gasteiger partial charge >= 0.3 is 5.97 Å². The summed E-state index contributed by atoms with van der Waals surface area (Å²) >= 11 is 0. The van der Waals surface area contributed by atoms with Crippen LogP contribution in [0.25, 0.3) is 0 Å². The summed E-state index contributed by atoms with van der Waals surface area (Å²) in [7, 11) is 2.98. The lowest BCUT2D eigenvalue weighted by atomic mass is 10.1. The normalized spacial score (nSPS) is 11.5. The summed E-state index contributed by atoms with van der Waals surface area (Å²) in [6.07, 6.45) is 0. The number of nitrogens with zero attached hydrogens (tertiary/aromatic N) is 1. The number of rotatable bonds is 6. The van der Waals surface area contributed by atoms with Crippen LogP contribution in [0.15, 0.2) is 48.5 Å². The van der Waals surface area contributed by atoms with Gasteiger partial charge in [0.2, 0.25) is 0 Å². The Morgan fingerprint density at radius 3 is 2.17 bits per heavy atom. The van der Waals surface area contributed by atoms with E-state index >= 15 is 0 Å². The Morgan fingerprint density at radius 1 is 1.00 bits per heavy atom. The molecule has 2 rings (SSSR count). The van der Waals surface area contributed by atoms with Crippen LogP contribution in [0.3, 0.4) is 0 Å². The second kappa shape index (κ2) is 7.50. The van der Waals surface area contributed by atoms with E-state index in [4.69, 9.17) is 9.47 Å². The third kappa shape index (κ3) is 3.48. The molecule has 0 aliphatic rings. The van der Waals surface area contributed by atoms with E-state index in [-0.39, 0.29) is 0 Å². The van der Waals surface area contributed by atoms with Gasteiger partial charge in [0.25, 0.3) is 5.91 Å². The zero-order valence-corrected chi connectivity index (χ0v) is 13.7. The molecule has 2 aromatic carbocycles. The maximum atomic E-state index is 12.8. The molecule has 0 aliphatic heterocycles. The van der Waals surface area contributed by atoms with Crippen LogP contribution < -0.4 is 14.4 Å². The van der Waals surface area contributed by atoms with Crippen molar-refractivity contribution in [2.75, 3.05) is 19.1 Å². The van der Waals surface area contributed by atoms with Crippen LogP contribution in [-0.4, -0.2) is 37.2 Å². The number of hydrogen-bond acceptors (Lipinski definition) is 4. The highest BCUT2D eigenvalue weighted by molar-refractivity contribution is 6.09. The summed E-state index contributed by atoms with van der Waals surface area (Å²) in [4.78, 5) is 25.5. The molecule has 0 bridgehead atoms. The predicted octanol–water partition coefficient (Wildman–Crippen LogP) is 2.82. The maximum absolute atomic E-state index is 12.8. The number of ether oxygens (including phenoxy) is 2. The molecular formula is C18H19NO5. The van der Waals surface area contributed by atoms with Crippen molar-refractivity contribution in [1.29, 1.82) is 0 Å². The molecule has 0 heterocycles. The zero-order chi connectivity index (χ0) is 17.7. The minimum absolute atomic E-state index is 0.403. The molecule has 2 aromatic rings. The fraction of sp³-hybridized carbons (Fsp3) is 0.222. The molecule has 0 fully saturated rings. The van der Waals surface area contributed by atoms with Crippen LogP contribution >= 0.6 is 0 Å². The third-order valence-corrected chi connectivity index (χ3v) is 3.63. The van der Waals surface area contributed by atoms with Crippen molar-refractivity contribution in [3.8, 4) is 11.5 Å². The van der Waals surface area contributed by atoms with Crippen LogP contribution in [0.4, 0.5) is 5.69 Å². The molecule has 1 N–H and O–H groups in total. The summed E-state index contributed by atoms with van der Waals surface area (Å²) in [6.45, 7) is 1.46. The minimum Gasteiger partial charge on any atom is -0.493 e. The number of anilines is 1. The first kappa shape index (κ1) is 17.3. The van der Waals surface area contributed by atoms with E-state index in [0.29, 0.717) is 22.7 Å². The van der Waals surface area contributed by atoms with Gasteiger partial charge < -0.3 is 14.6 Å². The second-order valence-electron chi connectivity index (χ2n) is 5.09. The van der Waals surface area contributed by atoms with Gasteiger partial charge in [-0.3, -0.25) is 9.69 Å². The average molecular weight is 329 g/mol. The summed E-state index contributed by atoms with van der Waals surface area (Å²) in [5.74, 6) is -0.596. The average Bonchev–Trinajstić information content (AvgIpc) is 2.62. The molecule has 0 unspecified atom stereocenters. The van der Waals surface area contributed by atoms with Crippen molar-refractivity contribution in [2.24, 2.45) is 0 Å². The standard InChI is InChI=1S/C18H19NO5/c1-12(18(21)22)19(17(20)13-7-5-4-6-8-13)14-9-10-15(23-2)16(11-14)24-3/h4-12H,1-3H3,(H,21,22)/t12-/m0/s1. The Morgan fingerprint density at radius 2 is 1.62 bits per heavy atom. The van der Waals surface area contributed by atoms with Crippen LogP contribution in [0.2, 0.25) is 0 Å². The number of methoxy groups -OCH3 is 2. The van der Waals surface area contributed by atoms with Gasteiger partial charge in [-0.1, -0.05) is 18.2 Å². The second-order valence-corrected chi connectivity index (χ2v) is 5.09. The smallest absolute Gasteiger partial charge is 0.326 e. The molecule has 0 saturated carbocycles. The number of aliphatic carboxylic acids is 1. The number of carbonyl (C=O) groups excluding carboxylic acids is 1. The number of benzene rings is 2. The lowest BCUT2D eigenvalue weighted by molar-refractivity contribution is -0.138. The highest BCUT2D eigenvalue weighted by Gasteiger charge is 2.28. The maximum Gasteiger partial charge on any atom is 0.326 e. The quantitative estimate of drug-likeness (QED) is 0.882. The Labute approximate surface area is 140 Å². The van der Waals surface area contributed by atoms with Crippen molar-refractivity contribution in [1.82, 2.24) is 0 Å². The zero-order valence-electron chi connectivity index (χ0n) is 13.7. The highest BCUT2D eigenvalue weighted by Crippen LogP contribution is 2.33. The minimum atomic E-state index is -1.10. The molecule has 0 spiro atoms. The van der Waals surface area contributed by atoms with E-state index in [1.165, 1.54) is 26.0 Å². The van der Waals surface area contributed by atoms with E-state index in [0.717, 1.165) is 0 Å². The Balaban J connectivity index is 2.51. The fourth-order valence-corrected chi connectivity index (χ4v) is 2.32. The number of carbonyl (C=O) groups is 2. The molecule has 0 aliphatic carbocycles. The molecule has 6 heteroatoms. The van der Waals surface area contributed by atoms with Gasteiger partial charge in [-0.2, -0.15) is 0 Å². The number of amides is 1. The van der Waals surface area contributed by atoms with Crippen LogP contribution in [0.1, 0.15) is 17.3 Å². The summed E-state index contributed by atoms with van der Waals surface area (Å²) in [5.41, 5.74) is 0.816. The monoisotopic (exact) mass is 329 g/mol. The molecule has 6 nitrogen and oxygen atoms in total. The number of carboxylic acids is 1. The third-order valence-electron chi connectivity index (χ3n) is 3.63. The van der Waals surface area contributed by atoms with E-state index in [1.807, 2.05) is 0 Å². The van der Waals surface area contributed by atoms with Gasteiger partial charge in [-0.25, -0.2) is 4.79 Å². The molecule has 24 heavy (non-hydrogen) atoms. The molecule has 1 atom stereocenters. The van der Waals surface area contributed by atoms with Gasteiger partial charge in [0, 0.05) is 17.3 Å². The first-order valence-electron chi connectivity index (χ1n) is 7.33. The van der Waals surface area contributed by atoms with Crippen molar-refractivity contribution < 1.29 is 24.2 Å². The van der Waals surface area contributed by atoms with Gasteiger partial charge in [-0.05, 0) is 31.2 Å². The van der Waals surface area contributed by atoms with Crippen molar-refractivity contribution in [3.05, 3.63) is 54.1 Å². The first-order valence-corrected chi connectivity index (χ1v) is 7.33. The van der Waals surface area contributed by atoms with Crippen LogP contribution in [0, 0.1) is 0 Å².